The van der Waals surface area contributed by atoms with Crippen molar-refractivity contribution in [3.05, 3.63) is 59.7 Å². The second kappa shape index (κ2) is 10.7. The van der Waals surface area contributed by atoms with Crippen molar-refractivity contribution in [3.8, 4) is 11.5 Å². The fourth-order valence-electron chi connectivity index (χ4n) is 2.44. The van der Waals surface area contributed by atoms with Crippen molar-refractivity contribution in [2.45, 2.75) is 13.0 Å². The first-order chi connectivity index (χ1) is 14.4. The molecule has 8 nitrogen and oxygen atoms in total. The van der Waals surface area contributed by atoms with Crippen LogP contribution in [0, 0.1) is 0 Å². The maximum absolute atomic E-state index is 12.3. The summed E-state index contributed by atoms with van der Waals surface area (Å²) in [5, 5.41) is 2.65. The Morgan fingerprint density at radius 1 is 0.933 bits per heavy atom. The number of amides is 1. The number of carbonyl (C=O) groups is 3. The van der Waals surface area contributed by atoms with Gasteiger partial charge in [-0.2, -0.15) is 0 Å². The molecule has 1 amide bonds. The second-order valence-electron chi connectivity index (χ2n) is 6.09. The number of carbonyl (C=O) groups excluding carboxylic acids is 3. The van der Waals surface area contributed by atoms with Gasteiger partial charge in [0, 0.05) is 17.8 Å². The molecule has 1 atom stereocenters. The number of benzene rings is 2. The van der Waals surface area contributed by atoms with Crippen molar-refractivity contribution in [2.24, 2.45) is 0 Å². The lowest BCUT2D eigenvalue weighted by molar-refractivity contribution is -0.148. The summed E-state index contributed by atoms with van der Waals surface area (Å²) in [7, 11) is 4.30. The van der Waals surface area contributed by atoms with E-state index in [1.54, 1.807) is 42.5 Å². The molecule has 8 heteroatoms. The van der Waals surface area contributed by atoms with Crippen molar-refractivity contribution < 1.29 is 33.3 Å². The predicted octanol–water partition coefficient (Wildman–Crippen LogP) is 3.07. The van der Waals surface area contributed by atoms with E-state index in [9.17, 15) is 14.4 Å². The third-order valence-electron chi connectivity index (χ3n) is 4.06. The van der Waals surface area contributed by atoms with Crippen LogP contribution in [-0.2, 0) is 19.1 Å². The maximum Gasteiger partial charge on any atom is 0.337 e. The standard InChI is InChI=1S/C22H23NO7/c1-14(21(25)23-17-10-11-18(27-2)19(13-17)28-3)30-20(24)12-7-15-5-8-16(9-6-15)22(26)29-4/h5-14H,1-4H3,(H,23,25)/b12-7+/t14-/m1/s1. The highest BCUT2D eigenvalue weighted by molar-refractivity contribution is 5.97. The first-order valence-corrected chi connectivity index (χ1v) is 8.98. The van der Waals surface area contributed by atoms with Crippen molar-refractivity contribution in [3.63, 3.8) is 0 Å². The minimum absolute atomic E-state index is 0.401. The molecular weight excluding hydrogens is 390 g/mol. The Morgan fingerprint density at radius 3 is 2.20 bits per heavy atom. The molecule has 0 fully saturated rings. The molecule has 0 aliphatic rings. The third kappa shape index (κ3) is 6.10. The summed E-state index contributed by atoms with van der Waals surface area (Å²) >= 11 is 0. The average molecular weight is 413 g/mol. The topological polar surface area (TPSA) is 100 Å². The SMILES string of the molecule is COC(=O)c1ccc(/C=C/C(=O)O[C@H](C)C(=O)Nc2ccc(OC)c(OC)c2)cc1. The predicted molar refractivity (Wildman–Crippen MR) is 111 cm³/mol. The summed E-state index contributed by atoms with van der Waals surface area (Å²) in [6, 6.07) is 11.4. The minimum atomic E-state index is -1.02. The molecule has 0 saturated heterocycles. The van der Waals surface area contributed by atoms with Gasteiger partial charge in [0.1, 0.15) is 0 Å². The molecule has 30 heavy (non-hydrogen) atoms. The lowest BCUT2D eigenvalue weighted by atomic mass is 10.1. The fourth-order valence-corrected chi connectivity index (χ4v) is 2.44. The van der Waals surface area contributed by atoms with Gasteiger partial charge in [-0.25, -0.2) is 9.59 Å². The van der Waals surface area contributed by atoms with Gasteiger partial charge in [0.25, 0.3) is 5.91 Å². The van der Waals surface area contributed by atoms with Crippen LogP contribution in [-0.4, -0.2) is 45.3 Å². The summed E-state index contributed by atoms with van der Waals surface area (Å²) in [6.45, 7) is 1.47. The molecule has 0 heterocycles. The van der Waals surface area contributed by atoms with Crippen molar-refractivity contribution in [1.29, 1.82) is 0 Å². The summed E-state index contributed by atoms with van der Waals surface area (Å²) < 4.78 is 20.1. The van der Waals surface area contributed by atoms with Crippen LogP contribution in [0.2, 0.25) is 0 Å². The van der Waals surface area contributed by atoms with E-state index in [1.807, 2.05) is 0 Å². The van der Waals surface area contributed by atoms with Crippen LogP contribution >= 0.6 is 0 Å². The highest BCUT2D eigenvalue weighted by atomic mass is 16.5. The van der Waals surface area contributed by atoms with Gasteiger partial charge < -0.3 is 24.3 Å². The van der Waals surface area contributed by atoms with E-state index in [0.29, 0.717) is 28.3 Å². The highest BCUT2D eigenvalue weighted by Gasteiger charge is 2.17. The molecule has 0 spiro atoms. The Bertz CT molecular complexity index is 935. The Labute approximate surface area is 174 Å². The summed E-state index contributed by atoms with van der Waals surface area (Å²) in [5.74, 6) is -0.631. The lowest BCUT2D eigenvalue weighted by Gasteiger charge is -2.14. The van der Waals surface area contributed by atoms with Gasteiger partial charge in [0.2, 0.25) is 0 Å². The van der Waals surface area contributed by atoms with Gasteiger partial charge in [0.15, 0.2) is 17.6 Å². The van der Waals surface area contributed by atoms with Crippen LogP contribution < -0.4 is 14.8 Å². The molecule has 0 unspecified atom stereocenters. The molecule has 0 radical (unpaired) electrons. The second-order valence-corrected chi connectivity index (χ2v) is 6.09. The van der Waals surface area contributed by atoms with Crippen LogP contribution in [0.1, 0.15) is 22.8 Å². The van der Waals surface area contributed by atoms with Crippen LogP contribution in [0.25, 0.3) is 6.08 Å². The fraction of sp³-hybridized carbons (Fsp3) is 0.227. The van der Waals surface area contributed by atoms with Gasteiger partial charge in [-0.15, -0.1) is 0 Å². The number of hydrogen-bond donors (Lipinski definition) is 1. The molecule has 0 aliphatic carbocycles. The molecule has 2 rings (SSSR count). The van der Waals surface area contributed by atoms with Crippen LogP contribution in [0.15, 0.2) is 48.5 Å². The lowest BCUT2D eigenvalue weighted by Crippen LogP contribution is -2.29. The van der Waals surface area contributed by atoms with E-state index in [2.05, 4.69) is 10.1 Å². The van der Waals surface area contributed by atoms with Gasteiger partial charge in [-0.05, 0) is 42.8 Å². The van der Waals surface area contributed by atoms with E-state index in [-0.39, 0.29) is 0 Å². The molecule has 0 aliphatic heterocycles. The first-order valence-electron chi connectivity index (χ1n) is 8.98. The molecule has 0 bridgehead atoms. The van der Waals surface area contributed by atoms with Crippen LogP contribution in [0.3, 0.4) is 0 Å². The molecule has 2 aromatic rings. The number of anilines is 1. The Kier molecular flexibility index (Phi) is 7.99. The van der Waals surface area contributed by atoms with Crippen molar-refractivity contribution >= 4 is 29.6 Å². The van der Waals surface area contributed by atoms with Crippen molar-refractivity contribution in [1.82, 2.24) is 0 Å². The van der Waals surface area contributed by atoms with Gasteiger partial charge in [-0.3, -0.25) is 4.79 Å². The third-order valence-corrected chi connectivity index (χ3v) is 4.06. The highest BCUT2D eigenvalue weighted by Crippen LogP contribution is 2.29. The van der Waals surface area contributed by atoms with Crippen molar-refractivity contribution in [2.75, 3.05) is 26.6 Å². The van der Waals surface area contributed by atoms with Crippen LogP contribution in [0.5, 0.6) is 11.5 Å². The first kappa shape index (κ1) is 22.5. The Hall–Kier alpha value is -3.81. The molecule has 0 aromatic heterocycles. The smallest absolute Gasteiger partial charge is 0.337 e. The zero-order chi connectivity index (χ0) is 22.1. The average Bonchev–Trinajstić information content (AvgIpc) is 2.77. The largest absolute Gasteiger partial charge is 0.493 e. The minimum Gasteiger partial charge on any atom is -0.493 e. The molecular formula is C22H23NO7. The number of nitrogens with one attached hydrogen (secondary N) is 1. The zero-order valence-corrected chi connectivity index (χ0v) is 17.1. The molecule has 2 aromatic carbocycles. The summed E-state index contributed by atoms with van der Waals surface area (Å²) in [6.07, 6.45) is 1.70. The Morgan fingerprint density at radius 2 is 1.60 bits per heavy atom. The van der Waals surface area contributed by atoms with Crippen LogP contribution in [0.4, 0.5) is 5.69 Å². The maximum atomic E-state index is 12.3. The van der Waals surface area contributed by atoms with E-state index in [0.717, 1.165) is 0 Å². The summed E-state index contributed by atoms with van der Waals surface area (Å²) in [5.41, 5.74) is 1.56. The van der Waals surface area contributed by atoms with E-state index in [1.165, 1.54) is 40.4 Å². The number of methoxy groups -OCH3 is 3. The summed E-state index contributed by atoms with van der Waals surface area (Å²) in [4.78, 5) is 35.7. The number of ether oxygens (including phenoxy) is 4. The van der Waals surface area contributed by atoms with E-state index in [4.69, 9.17) is 14.2 Å². The quantitative estimate of drug-likeness (QED) is 0.524. The van der Waals surface area contributed by atoms with Gasteiger partial charge in [0.05, 0.1) is 26.9 Å². The Balaban J connectivity index is 1.92. The number of hydrogen-bond acceptors (Lipinski definition) is 7. The monoisotopic (exact) mass is 413 g/mol. The van der Waals surface area contributed by atoms with Gasteiger partial charge in [-0.1, -0.05) is 12.1 Å². The van der Waals surface area contributed by atoms with E-state index >= 15 is 0 Å². The zero-order valence-electron chi connectivity index (χ0n) is 17.1. The van der Waals surface area contributed by atoms with Gasteiger partial charge >= 0.3 is 11.9 Å². The molecule has 0 saturated carbocycles. The number of rotatable bonds is 8. The molecule has 158 valence electrons. The van der Waals surface area contributed by atoms with E-state index < -0.39 is 23.9 Å². The molecule has 1 N–H and O–H groups in total. The number of esters is 2. The normalized spacial score (nSPS) is 11.5.